The smallest absolute Gasteiger partial charge is 0.277 e. The van der Waals surface area contributed by atoms with E-state index in [1.165, 1.54) is 10.5 Å². The minimum atomic E-state index is -0.782. The monoisotopic (exact) mass is 497 g/mol. The zero-order valence-electron chi connectivity index (χ0n) is 18.9. The topological polar surface area (TPSA) is 74.3 Å². The average Bonchev–Trinajstić information content (AvgIpc) is 3.59. The summed E-state index contributed by atoms with van der Waals surface area (Å²) in [6.45, 7) is 2.11. The van der Waals surface area contributed by atoms with Crippen LogP contribution in [-0.4, -0.2) is 30.8 Å². The van der Waals surface area contributed by atoms with Crippen molar-refractivity contribution in [3.63, 3.8) is 0 Å². The molecule has 2 atom stereocenters. The Bertz CT molecular complexity index is 1510. The number of ether oxygens (including phenoxy) is 1. The zero-order chi connectivity index (χ0) is 24.3. The van der Waals surface area contributed by atoms with Crippen molar-refractivity contribution in [2.24, 2.45) is 0 Å². The van der Waals surface area contributed by atoms with Crippen LogP contribution in [0.2, 0.25) is 5.02 Å². The highest BCUT2D eigenvalue weighted by Crippen LogP contribution is 2.40. The van der Waals surface area contributed by atoms with Crippen molar-refractivity contribution in [2.75, 3.05) is 6.61 Å². The fourth-order valence-electron chi connectivity index (χ4n) is 4.66. The quantitative estimate of drug-likeness (QED) is 0.389. The number of hydrogen-bond donors (Lipinski definition) is 0. The molecular formula is C25H22ClF2N5O2. The number of nitrogens with zero attached hydrogens (tertiary/aromatic N) is 5. The zero-order valence-corrected chi connectivity index (χ0v) is 19.7. The Hall–Kier alpha value is -3.17. The number of halogens is 3. The van der Waals surface area contributed by atoms with Gasteiger partial charge in [-0.25, -0.2) is 18.7 Å². The maximum Gasteiger partial charge on any atom is 0.277 e. The highest BCUT2D eigenvalue weighted by molar-refractivity contribution is 6.31. The van der Waals surface area contributed by atoms with Crippen LogP contribution in [0.15, 0.2) is 41.6 Å². The van der Waals surface area contributed by atoms with E-state index in [0.29, 0.717) is 36.9 Å². The van der Waals surface area contributed by atoms with E-state index < -0.39 is 17.2 Å². The van der Waals surface area contributed by atoms with Gasteiger partial charge >= 0.3 is 0 Å². The number of hydrogen-bond acceptors (Lipinski definition) is 5. The van der Waals surface area contributed by atoms with Gasteiger partial charge < -0.3 is 4.74 Å². The molecule has 1 saturated carbocycles. The Morgan fingerprint density at radius 1 is 1.14 bits per heavy atom. The van der Waals surface area contributed by atoms with Crippen LogP contribution in [0.4, 0.5) is 8.78 Å². The molecule has 6 rings (SSSR count). The Labute approximate surface area is 204 Å². The van der Waals surface area contributed by atoms with Crippen LogP contribution in [-0.2, 0) is 4.74 Å². The van der Waals surface area contributed by atoms with E-state index in [2.05, 4.69) is 10.1 Å². The van der Waals surface area contributed by atoms with Crippen LogP contribution in [0, 0.1) is 18.6 Å². The Morgan fingerprint density at radius 3 is 2.74 bits per heavy atom. The normalized spacial score (nSPS) is 20.5. The third-order valence-electron chi connectivity index (χ3n) is 6.74. The lowest BCUT2D eigenvalue weighted by molar-refractivity contribution is 0.00454. The summed E-state index contributed by atoms with van der Waals surface area (Å²) in [5, 5.41) is 4.46. The van der Waals surface area contributed by atoms with Gasteiger partial charge in [-0.3, -0.25) is 13.9 Å². The molecule has 0 spiro atoms. The molecule has 0 amide bonds. The summed E-state index contributed by atoms with van der Waals surface area (Å²) in [6, 6.07) is 3.74. The molecule has 0 radical (unpaired) electrons. The SMILES string of the molecule is Cc1nc2c(-c3ccc(F)cc3F)nc(C3CCO[C@@H](c4cnn(C5CC5)c4)C3)cn2c(=O)c1Cl. The van der Waals surface area contributed by atoms with Gasteiger partial charge in [0.1, 0.15) is 22.4 Å². The molecule has 4 aromatic rings. The van der Waals surface area contributed by atoms with Gasteiger partial charge in [-0.05, 0) is 44.7 Å². The van der Waals surface area contributed by atoms with Crippen LogP contribution >= 0.6 is 11.6 Å². The van der Waals surface area contributed by atoms with E-state index in [-0.39, 0.29) is 33.9 Å². The molecule has 2 fully saturated rings. The first kappa shape index (κ1) is 22.3. The second-order valence-corrected chi connectivity index (χ2v) is 9.59. The molecule has 1 aliphatic carbocycles. The van der Waals surface area contributed by atoms with Gasteiger partial charge in [-0.15, -0.1) is 0 Å². The van der Waals surface area contributed by atoms with Crippen molar-refractivity contribution in [3.8, 4) is 11.3 Å². The van der Waals surface area contributed by atoms with Gasteiger partial charge in [0.25, 0.3) is 5.56 Å². The number of benzene rings is 1. The molecule has 1 aliphatic heterocycles. The maximum atomic E-state index is 14.8. The highest BCUT2D eigenvalue weighted by Gasteiger charge is 2.30. The lowest BCUT2D eigenvalue weighted by Crippen LogP contribution is -2.23. The first-order chi connectivity index (χ1) is 16.9. The summed E-state index contributed by atoms with van der Waals surface area (Å²) >= 11 is 6.21. The minimum Gasteiger partial charge on any atom is -0.373 e. The van der Waals surface area contributed by atoms with Crippen molar-refractivity contribution < 1.29 is 13.5 Å². The van der Waals surface area contributed by atoms with E-state index in [9.17, 15) is 13.6 Å². The van der Waals surface area contributed by atoms with E-state index in [4.69, 9.17) is 21.3 Å². The summed E-state index contributed by atoms with van der Waals surface area (Å²) in [6.07, 6.45) is 8.93. The van der Waals surface area contributed by atoms with Crippen molar-refractivity contribution in [1.29, 1.82) is 0 Å². The van der Waals surface area contributed by atoms with Crippen molar-refractivity contribution in [3.05, 3.63) is 80.8 Å². The van der Waals surface area contributed by atoms with Crippen LogP contribution in [0.3, 0.4) is 0 Å². The van der Waals surface area contributed by atoms with Crippen LogP contribution in [0.25, 0.3) is 16.9 Å². The predicted octanol–water partition coefficient (Wildman–Crippen LogP) is 5.16. The Balaban J connectivity index is 1.45. The van der Waals surface area contributed by atoms with Crippen LogP contribution in [0.1, 0.15) is 60.7 Å². The summed E-state index contributed by atoms with van der Waals surface area (Å²) < 4.78 is 37.8. The lowest BCUT2D eigenvalue weighted by atomic mass is 9.90. The van der Waals surface area contributed by atoms with Crippen LogP contribution in [0.5, 0.6) is 0 Å². The number of fused-ring (bicyclic) bond motifs is 1. The fraction of sp³-hybridized carbons (Fsp3) is 0.360. The summed E-state index contributed by atoms with van der Waals surface area (Å²) in [5.41, 5.74) is 1.85. The molecule has 2 aliphatic rings. The van der Waals surface area contributed by atoms with Gasteiger partial charge in [-0.1, -0.05) is 11.6 Å². The van der Waals surface area contributed by atoms with Gasteiger partial charge in [0.15, 0.2) is 5.65 Å². The molecule has 7 nitrogen and oxygen atoms in total. The van der Waals surface area contributed by atoms with E-state index in [1.54, 1.807) is 13.1 Å². The molecule has 0 bridgehead atoms. The number of aryl methyl sites for hydroxylation is 1. The Morgan fingerprint density at radius 2 is 1.97 bits per heavy atom. The van der Waals surface area contributed by atoms with E-state index in [1.807, 2.05) is 17.1 Å². The van der Waals surface area contributed by atoms with Crippen molar-refractivity contribution in [2.45, 2.75) is 50.7 Å². The van der Waals surface area contributed by atoms with Crippen LogP contribution < -0.4 is 5.56 Å². The van der Waals surface area contributed by atoms with Crippen molar-refractivity contribution in [1.82, 2.24) is 24.1 Å². The third-order valence-corrected chi connectivity index (χ3v) is 7.18. The molecule has 3 aromatic heterocycles. The minimum absolute atomic E-state index is 0.0116. The average molecular weight is 498 g/mol. The molecule has 1 saturated heterocycles. The number of aromatic nitrogens is 5. The molecule has 1 unspecified atom stereocenters. The molecule has 180 valence electrons. The molecular weight excluding hydrogens is 476 g/mol. The predicted molar refractivity (Wildman–Crippen MR) is 126 cm³/mol. The summed E-state index contributed by atoms with van der Waals surface area (Å²) in [4.78, 5) is 22.2. The summed E-state index contributed by atoms with van der Waals surface area (Å²) in [5.74, 6) is -1.54. The fourth-order valence-corrected chi connectivity index (χ4v) is 4.79. The van der Waals surface area contributed by atoms with Gasteiger partial charge in [0, 0.05) is 42.1 Å². The molecule has 35 heavy (non-hydrogen) atoms. The number of rotatable bonds is 4. The molecule has 10 heteroatoms. The Kier molecular flexibility index (Phi) is 5.41. The first-order valence-corrected chi connectivity index (χ1v) is 12.0. The van der Waals surface area contributed by atoms with E-state index in [0.717, 1.165) is 30.5 Å². The summed E-state index contributed by atoms with van der Waals surface area (Å²) in [7, 11) is 0. The first-order valence-electron chi connectivity index (χ1n) is 11.6. The maximum absolute atomic E-state index is 14.8. The third kappa shape index (κ3) is 4.02. The molecule has 1 aromatic carbocycles. The second-order valence-electron chi connectivity index (χ2n) is 9.21. The lowest BCUT2D eigenvalue weighted by Gasteiger charge is -2.29. The molecule has 4 heterocycles. The highest BCUT2D eigenvalue weighted by atomic mass is 35.5. The van der Waals surface area contributed by atoms with Gasteiger partial charge in [-0.2, -0.15) is 5.10 Å². The van der Waals surface area contributed by atoms with Crippen molar-refractivity contribution >= 4 is 17.2 Å². The van der Waals surface area contributed by atoms with Gasteiger partial charge in [0.2, 0.25) is 0 Å². The van der Waals surface area contributed by atoms with E-state index >= 15 is 0 Å². The largest absolute Gasteiger partial charge is 0.373 e. The molecule has 0 N–H and O–H groups in total. The second kappa shape index (κ2) is 8.49. The standard InChI is InChI=1S/C25H22ClF2N5O2/c1-13-22(26)25(34)32-12-20(31-23(24(32)30-13)18-5-2-16(27)9-19(18)28)14-6-7-35-21(8-14)15-10-29-33(11-15)17-3-4-17/h2,5,9-12,14,17,21H,3-4,6-8H2,1H3/t14?,21-/m1/s1. The van der Waals surface area contributed by atoms with Gasteiger partial charge in [0.05, 0.1) is 29.7 Å².